The molecule has 1 aliphatic heterocycles. The molecule has 0 saturated carbocycles. The predicted octanol–water partition coefficient (Wildman–Crippen LogP) is 3.93. The van der Waals surface area contributed by atoms with Crippen LogP contribution in [-0.4, -0.2) is 35.7 Å². The van der Waals surface area contributed by atoms with E-state index in [4.69, 9.17) is 0 Å². The zero-order valence-electron chi connectivity index (χ0n) is 14.4. The highest BCUT2D eigenvalue weighted by Crippen LogP contribution is 2.38. The van der Waals surface area contributed by atoms with Gasteiger partial charge in [0.15, 0.2) is 4.34 Å². The van der Waals surface area contributed by atoms with Gasteiger partial charge in [-0.1, -0.05) is 18.7 Å². The number of aromatic nitrogens is 1. The van der Waals surface area contributed by atoms with Gasteiger partial charge in [0.25, 0.3) is 5.69 Å². The summed E-state index contributed by atoms with van der Waals surface area (Å²) in [6, 6.07) is 4.11. The normalized spacial score (nSPS) is 18.8. The van der Waals surface area contributed by atoms with Gasteiger partial charge in [-0.15, -0.1) is 11.3 Å². The molecule has 7 nitrogen and oxygen atoms in total. The molecule has 1 atom stereocenters. The molecular weight excluding hydrogens is 394 g/mol. The second-order valence-electron chi connectivity index (χ2n) is 6.35. The molecule has 1 aromatic heterocycles. The van der Waals surface area contributed by atoms with E-state index in [0.717, 1.165) is 24.6 Å². The number of nitro benzene ring substituents is 1. The van der Waals surface area contributed by atoms with Gasteiger partial charge in [0, 0.05) is 30.2 Å². The van der Waals surface area contributed by atoms with Crippen LogP contribution in [0, 0.1) is 23.0 Å². The van der Waals surface area contributed by atoms with Crippen molar-refractivity contribution in [1.29, 1.82) is 0 Å². The number of benzene rings is 1. The van der Waals surface area contributed by atoms with Gasteiger partial charge in [0.2, 0.25) is 10.0 Å². The molecular formula is C16H19N3O4S3. The number of sulfonamides is 1. The molecule has 0 radical (unpaired) electrons. The summed E-state index contributed by atoms with van der Waals surface area (Å²) < 4.78 is 27.8. The summed E-state index contributed by atoms with van der Waals surface area (Å²) >= 11 is 2.58. The first kappa shape index (κ1) is 19.3. The zero-order valence-corrected chi connectivity index (χ0v) is 16.9. The van der Waals surface area contributed by atoms with Gasteiger partial charge in [-0.2, -0.15) is 4.31 Å². The van der Waals surface area contributed by atoms with Gasteiger partial charge >= 0.3 is 0 Å². The van der Waals surface area contributed by atoms with E-state index in [0.29, 0.717) is 22.3 Å². The summed E-state index contributed by atoms with van der Waals surface area (Å²) in [5.74, 6) is 0.288. The van der Waals surface area contributed by atoms with E-state index in [9.17, 15) is 18.5 Å². The van der Waals surface area contributed by atoms with Crippen molar-refractivity contribution >= 4 is 38.8 Å². The molecule has 1 saturated heterocycles. The number of hydrogen-bond acceptors (Lipinski definition) is 7. The lowest BCUT2D eigenvalue weighted by atomic mass is 10.0. The number of nitrogens with zero attached hydrogens (tertiary/aromatic N) is 3. The van der Waals surface area contributed by atoms with E-state index < -0.39 is 14.9 Å². The van der Waals surface area contributed by atoms with Crippen LogP contribution in [0.25, 0.3) is 0 Å². The molecule has 0 spiro atoms. The monoisotopic (exact) mass is 413 g/mol. The van der Waals surface area contributed by atoms with Crippen molar-refractivity contribution in [2.75, 3.05) is 13.1 Å². The summed E-state index contributed by atoms with van der Waals surface area (Å²) in [6.07, 6.45) is 1.80. The quantitative estimate of drug-likeness (QED) is 0.544. The zero-order chi connectivity index (χ0) is 18.9. The standard InChI is InChI=1S/C16H19N3O4S3/c1-11-4-3-7-18(9-11)26(22,23)13-5-6-15(14(8-13)19(20)21)25-16-17-12(2)10-24-16/h5-6,8,10-11H,3-4,7,9H2,1-2H3/t11-/m0/s1. The van der Waals surface area contributed by atoms with Gasteiger partial charge in [-0.25, -0.2) is 13.4 Å². The largest absolute Gasteiger partial charge is 0.284 e. The van der Waals surface area contributed by atoms with Crippen molar-refractivity contribution in [2.24, 2.45) is 5.92 Å². The highest BCUT2D eigenvalue weighted by atomic mass is 32.2. The van der Waals surface area contributed by atoms with Crippen LogP contribution in [-0.2, 0) is 10.0 Å². The Kier molecular flexibility index (Phi) is 5.66. The van der Waals surface area contributed by atoms with Gasteiger partial charge in [-0.3, -0.25) is 10.1 Å². The van der Waals surface area contributed by atoms with Crippen molar-refractivity contribution in [3.63, 3.8) is 0 Å². The van der Waals surface area contributed by atoms with E-state index >= 15 is 0 Å². The SMILES string of the molecule is Cc1csc(Sc2ccc(S(=O)(=O)N3CCC[C@H](C)C3)cc2[N+](=O)[O-])n1. The van der Waals surface area contributed by atoms with Crippen molar-refractivity contribution < 1.29 is 13.3 Å². The van der Waals surface area contributed by atoms with Crippen LogP contribution in [0.15, 0.2) is 37.7 Å². The summed E-state index contributed by atoms with van der Waals surface area (Å²) in [5, 5.41) is 13.4. The minimum absolute atomic E-state index is 0.0297. The number of thiazole rings is 1. The van der Waals surface area contributed by atoms with Gasteiger partial charge in [-0.05, 0) is 37.8 Å². The minimum Gasteiger partial charge on any atom is -0.258 e. The first-order valence-corrected chi connectivity index (χ1v) is 11.3. The first-order chi connectivity index (χ1) is 12.3. The number of hydrogen-bond donors (Lipinski definition) is 0. The summed E-state index contributed by atoms with van der Waals surface area (Å²) in [7, 11) is -3.73. The Hall–Kier alpha value is -1.49. The number of rotatable bonds is 5. The van der Waals surface area contributed by atoms with Crippen molar-refractivity contribution in [3.05, 3.63) is 39.4 Å². The Labute approximate surface area is 160 Å². The molecule has 0 amide bonds. The molecule has 2 aromatic rings. The summed E-state index contributed by atoms with van der Waals surface area (Å²) in [6.45, 7) is 4.77. The molecule has 10 heteroatoms. The number of piperidine rings is 1. The summed E-state index contributed by atoms with van der Waals surface area (Å²) in [5.41, 5.74) is 0.632. The maximum Gasteiger partial charge on any atom is 0.284 e. The average Bonchev–Trinajstić information content (AvgIpc) is 2.99. The lowest BCUT2D eigenvalue weighted by Crippen LogP contribution is -2.39. The fourth-order valence-corrected chi connectivity index (χ4v) is 6.37. The third-order valence-corrected chi connectivity index (χ3v) is 8.16. The van der Waals surface area contributed by atoms with Gasteiger partial charge < -0.3 is 0 Å². The average molecular weight is 414 g/mol. The Morgan fingerprint density at radius 1 is 1.42 bits per heavy atom. The van der Waals surface area contributed by atoms with Crippen molar-refractivity contribution in [1.82, 2.24) is 9.29 Å². The van der Waals surface area contributed by atoms with Crippen molar-refractivity contribution in [3.8, 4) is 0 Å². The molecule has 0 unspecified atom stereocenters. The Morgan fingerprint density at radius 3 is 2.81 bits per heavy atom. The van der Waals surface area contributed by atoms with Crippen LogP contribution >= 0.6 is 23.1 Å². The number of aryl methyl sites for hydroxylation is 1. The molecule has 1 aromatic carbocycles. The topological polar surface area (TPSA) is 93.4 Å². The van der Waals surface area contributed by atoms with Crippen LogP contribution < -0.4 is 0 Å². The Morgan fingerprint density at radius 2 is 2.19 bits per heavy atom. The van der Waals surface area contributed by atoms with Crippen LogP contribution in [0.4, 0.5) is 5.69 Å². The van der Waals surface area contributed by atoms with Crippen LogP contribution in [0.5, 0.6) is 0 Å². The minimum atomic E-state index is -3.73. The Balaban J connectivity index is 1.94. The molecule has 2 heterocycles. The number of nitro groups is 1. The highest BCUT2D eigenvalue weighted by Gasteiger charge is 2.30. The molecule has 0 bridgehead atoms. The lowest BCUT2D eigenvalue weighted by Gasteiger charge is -2.30. The predicted molar refractivity (Wildman–Crippen MR) is 101 cm³/mol. The van der Waals surface area contributed by atoms with Crippen LogP contribution in [0.2, 0.25) is 0 Å². The van der Waals surface area contributed by atoms with E-state index in [1.807, 2.05) is 19.2 Å². The molecule has 1 fully saturated rings. The third-order valence-electron chi connectivity index (χ3n) is 4.18. The van der Waals surface area contributed by atoms with E-state index in [1.165, 1.54) is 39.5 Å². The first-order valence-electron chi connectivity index (χ1n) is 8.16. The van der Waals surface area contributed by atoms with Crippen molar-refractivity contribution in [2.45, 2.75) is 40.8 Å². The Bertz CT molecular complexity index is 927. The smallest absolute Gasteiger partial charge is 0.258 e. The molecule has 1 aliphatic rings. The molecule has 140 valence electrons. The fraction of sp³-hybridized carbons (Fsp3) is 0.438. The maximum atomic E-state index is 12.9. The fourth-order valence-electron chi connectivity index (χ4n) is 2.87. The highest BCUT2D eigenvalue weighted by molar-refractivity contribution is 8.01. The molecule has 0 N–H and O–H groups in total. The lowest BCUT2D eigenvalue weighted by molar-refractivity contribution is -0.388. The van der Waals surface area contributed by atoms with E-state index in [1.54, 1.807) is 0 Å². The van der Waals surface area contributed by atoms with E-state index in [-0.39, 0.29) is 16.5 Å². The third kappa shape index (κ3) is 4.08. The maximum absolute atomic E-state index is 12.9. The van der Waals surface area contributed by atoms with Gasteiger partial charge in [0.1, 0.15) is 0 Å². The molecule has 26 heavy (non-hydrogen) atoms. The van der Waals surface area contributed by atoms with E-state index in [2.05, 4.69) is 4.98 Å². The van der Waals surface area contributed by atoms with Gasteiger partial charge in [0.05, 0.1) is 14.7 Å². The second-order valence-corrected chi connectivity index (χ2v) is 10.4. The second kappa shape index (κ2) is 7.63. The summed E-state index contributed by atoms with van der Waals surface area (Å²) in [4.78, 5) is 15.6. The van der Waals surface area contributed by atoms with Crippen LogP contribution in [0.3, 0.4) is 0 Å². The molecule has 0 aliphatic carbocycles. The van der Waals surface area contributed by atoms with Crippen LogP contribution in [0.1, 0.15) is 25.5 Å². The molecule has 3 rings (SSSR count).